The van der Waals surface area contributed by atoms with Crippen molar-refractivity contribution in [2.45, 2.75) is 5.51 Å². The summed E-state index contributed by atoms with van der Waals surface area (Å²) in [6.07, 6.45) is 0. The van der Waals surface area contributed by atoms with Crippen molar-refractivity contribution in [1.82, 2.24) is 0 Å². The van der Waals surface area contributed by atoms with Crippen LogP contribution >= 0.6 is 0 Å². The van der Waals surface area contributed by atoms with Crippen molar-refractivity contribution in [2.24, 2.45) is 0 Å². The van der Waals surface area contributed by atoms with Crippen molar-refractivity contribution in [3.8, 4) is 22.6 Å². The summed E-state index contributed by atoms with van der Waals surface area (Å²) in [6, 6.07) is 16.2. The van der Waals surface area contributed by atoms with E-state index in [0.717, 1.165) is 0 Å². The minimum atomic E-state index is -5.83. The van der Waals surface area contributed by atoms with E-state index in [1.807, 2.05) is 0 Å². The number of fused-ring (bicyclic) bond motifs is 1. The van der Waals surface area contributed by atoms with Gasteiger partial charge in [-0.3, -0.25) is 0 Å². The van der Waals surface area contributed by atoms with E-state index in [0.29, 0.717) is 16.7 Å². The van der Waals surface area contributed by atoms with Crippen LogP contribution in [-0.4, -0.2) is 21.0 Å². The Morgan fingerprint density at radius 1 is 0.846 bits per heavy atom. The molecule has 0 spiro atoms. The Hall–Kier alpha value is -2.74. The normalized spacial score (nSPS) is 12.2. The van der Waals surface area contributed by atoms with E-state index in [9.17, 15) is 21.6 Å². The highest BCUT2D eigenvalue weighted by molar-refractivity contribution is 7.88. The highest BCUT2D eigenvalue weighted by atomic mass is 32.2. The molecular weight excluding hydrogens is 369 g/mol. The maximum Gasteiger partial charge on any atom is 0.534 e. The zero-order valence-electron chi connectivity index (χ0n) is 13.4. The van der Waals surface area contributed by atoms with Gasteiger partial charge in [0.1, 0.15) is 5.75 Å². The summed E-state index contributed by atoms with van der Waals surface area (Å²) in [5.74, 6) is -0.0260. The Labute approximate surface area is 147 Å². The molecule has 0 heterocycles. The maximum absolute atomic E-state index is 12.9. The number of hydrogen-bond donors (Lipinski definition) is 0. The van der Waals surface area contributed by atoms with Gasteiger partial charge in [0.15, 0.2) is 5.75 Å². The Kier molecular flexibility index (Phi) is 4.53. The van der Waals surface area contributed by atoms with E-state index >= 15 is 0 Å². The number of rotatable bonds is 4. The van der Waals surface area contributed by atoms with Gasteiger partial charge in [0.05, 0.1) is 7.11 Å². The van der Waals surface area contributed by atoms with Crippen molar-refractivity contribution < 1.29 is 30.5 Å². The van der Waals surface area contributed by atoms with Crippen LogP contribution in [0.2, 0.25) is 0 Å². The summed E-state index contributed by atoms with van der Waals surface area (Å²) in [5, 5.41) is 0.780. The van der Waals surface area contributed by atoms with Crippen LogP contribution in [0.25, 0.3) is 21.9 Å². The molecular formula is C18H13F3O4S. The monoisotopic (exact) mass is 382 g/mol. The van der Waals surface area contributed by atoms with Crippen molar-refractivity contribution in [1.29, 1.82) is 0 Å². The van der Waals surface area contributed by atoms with Crippen molar-refractivity contribution >= 4 is 20.9 Å². The number of benzene rings is 3. The van der Waals surface area contributed by atoms with Gasteiger partial charge in [0.2, 0.25) is 0 Å². The zero-order chi connectivity index (χ0) is 18.9. The first-order valence-corrected chi connectivity index (χ1v) is 8.81. The van der Waals surface area contributed by atoms with E-state index in [1.54, 1.807) is 48.5 Å². The van der Waals surface area contributed by atoms with Gasteiger partial charge in [-0.2, -0.15) is 21.6 Å². The van der Waals surface area contributed by atoms with Crippen LogP contribution in [0.5, 0.6) is 11.5 Å². The lowest BCUT2D eigenvalue weighted by atomic mass is 9.99. The summed E-state index contributed by atoms with van der Waals surface area (Å²) in [7, 11) is -4.42. The predicted octanol–water partition coefficient (Wildman–Crippen LogP) is 4.74. The van der Waals surface area contributed by atoms with E-state index in [2.05, 4.69) is 4.18 Å². The summed E-state index contributed by atoms with van der Waals surface area (Å²) >= 11 is 0. The van der Waals surface area contributed by atoms with Crippen LogP contribution in [0.4, 0.5) is 13.2 Å². The van der Waals surface area contributed by atoms with Crippen molar-refractivity contribution in [3.63, 3.8) is 0 Å². The molecule has 0 aromatic heterocycles. The fraction of sp³-hybridized carbons (Fsp3) is 0.111. The van der Waals surface area contributed by atoms with Gasteiger partial charge in [-0.25, -0.2) is 0 Å². The topological polar surface area (TPSA) is 52.6 Å². The van der Waals surface area contributed by atoms with Crippen molar-refractivity contribution in [3.05, 3.63) is 60.7 Å². The summed E-state index contributed by atoms with van der Waals surface area (Å²) in [6.45, 7) is 0. The molecule has 0 aliphatic carbocycles. The molecule has 3 aromatic rings. The summed E-state index contributed by atoms with van der Waals surface area (Å²) in [4.78, 5) is 0. The fourth-order valence-corrected chi connectivity index (χ4v) is 3.06. The first-order valence-electron chi connectivity index (χ1n) is 7.40. The van der Waals surface area contributed by atoms with Crippen LogP contribution in [0.15, 0.2) is 60.7 Å². The highest BCUT2D eigenvalue weighted by Crippen LogP contribution is 2.42. The molecule has 3 rings (SSSR count). The molecule has 0 saturated carbocycles. The number of ether oxygens (including phenoxy) is 1. The van der Waals surface area contributed by atoms with E-state index < -0.39 is 21.4 Å². The van der Waals surface area contributed by atoms with Crippen LogP contribution < -0.4 is 8.92 Å². The van der Waals surface area contributed by atoms with Crippen molar-refractivity contribution in [2.75, 3.05) is 7.11 Å². The second-order valence-electron chi connectivity index (χ2n) is 5.35. The molecule has 0 radical (unpaired) electrons. The SMILES string of the molecule is COc1ccccc1-c1ccc2ccccc2c1OS(=O)(=O)C(F)(F)F. The summed E-state index contributed by atoms with van der Waals surface area (Å²) < 4.78 is 71.6. The van der Waals surface area contributed by atoms with Gasteiger partial charge < -0.3 is 8.92 Å². The largest absolute Gasteiger partial charge is 0.534 e. The lowest BCUT2D eigenvalue weighted by Crippen LogP contribution is -2.28. The molecule has 8 heteroatoms. The van der Waals surface area contributed by atoms with Gasteiger partial charge in [0, 0.05) is 16.5 Å². The molecule has 136 valence electrons. The average molecular weight is 382 g/mol. The molecule has 0 unspecified atom stereocenters. The lowest BCUT2D eigenvalue weighted by molar-refractivity contribution is -0.0499. The standard InChI is InChI=1S/C18H13F3O4S/c1-24-16-9-5-4-8-14(16)15-11-10-12-6-2-3-7-13(12)17(15)25-26(22,23)18(19,20)21/h2-11H,1H3. The van der Waals surface area contributed by atoms with Gasteiger partial charge in [0.25, 0.3) is 0 Å². The number of methoxy groups -OCH3 is 1. The Balaban J connectivity index is 2.31. The quantitative estimate of drug-likeness (QED) is 0.483. The second kappa shape index (κ2) is 6.53. The summed E-state index contributed by atoms with van der Waals surface area (Å²) in [5.41, 5.74) is -4.95. The lowest BCUT2D eigenvalue weighted by Gasteiger charge is -2.17. The second-order valence-corrected chi connectivity index (χ2v) is 6.88. The molecule has 26 heavy (non-hydrogen) atoms. The molecule has 0 aliphatic rings. The number of para-hydroxylation sites is 1. The van der Waals surface area contributed by atoms with Crippen LogP contribution in [-0.2, 0) is 10.1 Å². The molecule has 0 aliphatic heterocycles. The minimum Gasteiger partial charge on any atom is -0.496 e. The first kappa shape index (κ1) is 18.1. The maximum atomic E-state index is 12.9. The Morgan fingerprint density at radius 2 is 1.50 bits per heavy atom. The van der Waals surface area contributed by atoms with Gasteiger partial charge in [-0.15, -0.1) is 0 Å². The highest BCUT2D eigenvalue weighted by Gasteiger charge is 2.49. The minimum absolute atomic E-state index is 0.175. The van der Waals surface area contributed by atoms with E-state index in [4.69, 9.17) is 4.74 Å². The van der Waals surface area contributed by atoms with E-state index in [1.165, 1.54) is 19.2 Å². The number of alkyl halides is 3. The number of hydrogen-bond acceptors (Lipinski definition) is 4. The zero-order valence-corrected chi connectivity index (χ0v) is 14.3. The third-order valence-electron chi connectivity index (χ3n) is 3.75. The molecule has 4 nitrogen and oxygen atoms in total. The smallest absolute Gasteiger partial charge is 0.496 e. The van der Waals surface area contributed by atoms with Crippen LogP contribution in [0.1, 0.15) is 0 Å². The third kappa shape index (κ3) is 3.20. The molecule has 0 fully saturated rings. The average Bonchev–Trinajstić information content (AvgIpc) is 2.61. The fourth-order valence-electron chi connectivity index (χ4n) is 2.57. The Morgan fingerprint density at radius 3 is 2.19 bits per heavy atom. The first-order chi connectivity index (χ1) is 12.2. The van der Waals surface area contributed by atoms with Crippen LogP contribution in [0, 0.1) is 0 Å². The predicted molar refractivity (Wildman–Crippen MR) is 91.5 cm³/mol. The van der Waals surface area contributed by atoms with E-state index in [-0.39, 0.29) is 10.9 Å². The van der Waals surface area contributed by atoms with Gasteiger partial charge in [-0.05, 0) is 17.5 Å². The molecule has 0 N–H and O–H groups in total. The molecule has 0 amide bonds. The molecule has 0 bridgehead atoms. The number of halogens is 3. The Bertz CT molecular complexity index is 1060. The molecule has 0 saturated heterocycles. The van der Waals surface area contributed by atoms with Gasteiger partial charge >= 0.3 is 15.6 Å². The molecule has 0 atom stereocenters. The molecule has 3 aromatic carbocycles. The van der Waals surface area contributed by atoms with Crippen LogP contribution in [0.3, 0.4) is 0 Å². The third-order valence-corrected chi connectivity index (χ3v) is 4.71. The van der Waals surface area contributed by atoms with Gasteiger partial charge in [-0.1, -0.05) is 48.5 Å².